The number of methoxy groups -OCH3 is 3. The lowest BCUT2D eigenvalue weighted by Crippen LogP contribution is -2.81. The zero-order valence-electron chi connectivity index (χ0n) is 39.2. The predicted octanol–water partition coefficient (Wildman–Crippen LogP) is 4.98. The smallest absolute Gasteiger partial charge is 0.344 e. The fourth-order valence-electron chi connectivity index (χ4n) is 14.9. The Balaban J connectivity index is 1.26. The van der Waals surface area contributed by atoms with Gasteiger partial charge in [-0.25, -0.2) is 4.79 Å². The molecule has 7 heterocycles. The summed E-state index contributed by atoms with van der Waals surface area (Å²) >= 11 is 0. The van der Waals surface area contributed by atoms with Crippen molar-refractivity contribution in [1.29, 1.82) is 0 Å². The zero-order chi connectivity index (χ0) is 45.8. The van der Waals surface area contributed by atoms with E-state index < -0.39 is 57.5 Å². The Morgan fingerprint density at radius 3 is 2.35 bits per heavy atom. The second-order valence-corrected chi connectivity index (χ2v) is 20.4. The van der Waals surface area contributed by atoms with Crippen LogP contribution in [0.3, 0.4) is 0 Å². The second kappa shape index (κ2) is 15.7. The number of esters is 3. The largest absolute Gasteiger partial charge is 0.496 e. The molecule has 7 aliphatic rings. The number of H-pyrrole nitrogens is 1. The maximum Gasteiger partial charge on any atom is 0.344 e. The molecule has 3 aromatic rings. The molecule has 3 N–H and O–H groups in total. The number of aliphatic hydroxyl groups is 2. The fraction of sp³-hybridized carbons (Fsp3) is 0.627. The number of likely N-dealkylation sites (N-methyl/N-ethyl adjacent to an activating group) is 1. The lowest BCUT2D eigenvalue weighted by molar-refractivity contribution is -0.228. The number of aromatic nitrogens is 1. The molecule has 1 spiro atoms. The molecule has 1 aliphatic carbocycles. The van der Waals surface area contributed by atoms with Crippen molar-refractivity contribution in [3.05, 3.63) is 64.9 Å². The summed E-state index contributed by atoms with van der Waals surface area (Å²) in [5.41, 5.74) is -0.426. The van der Waals surface area contributed by atoms with Crippen molar-refractivity contribution in [2.45, 2.75) is 119 Å². The lowest BCUT2D eigenvalue weighted by Gasteiger charge is -2.63. The molecule has 1 saturated carbocycles. The van der Waals surface area contributed by atoms with E-state index in [4.69, 9.17) is 18.9 Å². The molecule has 1 aromatic heterocycles. The number of nitrogens with zero attached hydrogens (tertiary/aromatic N) is 4. The molecule has 65 heavy (non-hydrogen) atoms. The summed E-state index contributed by atoms with van der Waals surface area (Å²) in [6, 6.07) is 9.49. The van der Waals surface area contributed by atoms with Crippen molar-refractivity contribution >= 4 is 40.2 Å². The molecular formula is C51H67N5O9. The summed E-state index contributed by atoms with van der Waals surface area (Å²) in [7, 11) is 6.22. The van der Waals surface area contributed by atoms with Crippen molar-refractivity contribution in [1.82, 2.24) is 14.8 Å². The first-order valence-corrected chi connectivity index (χ1v) is 24.0. The molecule has 4 fully saturated rings. The van der Waals surface area contributed by atoms with Crippen LogP contribution in [-0.2, 0) is 45.8 Å². The summed E-state index contributed by atoms with van der Waals surface area (Å²) in [4.78, 5) is 56.3. The van der Waals surface area contributed by atoms with E-state index >= 15 is 4.79 Å². The molecule has 6 aliphatic heterocycles. The highest BCUT2D eigenvalue weighted by Gasteiger charge is 2.80. The van der Waals surface area contributed by atoms with Gasteiger partial charge in [0.25, 0.3) is 0 Å². The number of benzene rings is 2. The van der Waals surface area contributed by atoms with Crippen molar-refractivity contribution in [2.75, 3.05) is 84.0 Å². The van der Waals surface area contributed by atoms with E-state index in [0.29, 0.717) is 82.6 Å². The molecule has 14 heteroatoms. The van der Waals surface area contributed by atoms with Gasteiger partial charge in [-0.2, -0.15) is 0 Å². The van der Waals surface area contributed by atoms with Crippen LogP contribution in [0, 0.1) is 11.3 Å². The molecule has 2 aromatic carbocycles. The third-order valence-electron chi connectivity index (χ3n) is 17.4. The predicted molar refractivity (Wildman–Crippen MR) is 246 cm³/mol. The number of hydrogen-bond donors (Lipinski definition) is 3. The molecule has 10 atom stereocenters. The molecule has 350 valence electrons. The minimum atomic E-state index is -2.31. The lowest BCUT2D eigenvalue weighted by atomic mass is 9.47. The van der Waals surface area contributed by atoms with Gasteiger partial charge in [-0.1, -0.05) is 26.0 Å². The maximum absolute atomic E-state index is 15.6. The van der Waals surface area contributed by atoms with E-state index in [1.54, 1.807) is 7.11 Å². The second-order valence-electron chi connectivity index (χ2n) is 20.4. The van der Waals surface area contributed by atoms with Crippen molar-refractivity contribution in [2.24, 2.45) is 11.3 Å². The van der Waals surface area contributed by atoms with Gasteiger partial charge in [-0.3, -0.25) is 19.4 Å². The molecule has 3 saturated heterocycles. The van der Waals surface area contributed by atoms with Gasteiger partial charge in [0.1, 0.15) is 11.2 Å². The van der Waals surface area contributed by atoms with Crippen LogP contribution in [-0.4, -0.2) is 146 Å². The number of carbonyl (C=O) groups is 3. The van der Waals surface area contributed by atoms with Crippen LogP contribution in [0.2, 0.25) is 0 Å². The molecule has 2 bridgehead atoms. The van der Waals surface area contributed by atoms with Crippen LogP contribution in [0.25, 0.3) is 10.9 Å². The van der Waals surface area contributed by atoms with Crippen LogP contribution in [0.4, 0.5) is 11.4 Å². The van der Waals surface area contributed by atoms with Crippen LogP contribution in [0.1, 0.15) is 94.5 Å². The summed E-state index contributed by atoms with van der Waals surface area (Å²) in [5.74, 6) is -1.55. The van der Waals surface area contributed by atoms with Gasteiger partial charge in [-0.05, 0) is 106 Å². The highest BCUT2D eigenvalue weighted by Crippen LogP contribution is 2.68. The summed E-state index contributed by atoms with van der Waals surface area (Å²) in [6.45, 7) is 10.7. The molecule has 0 radical (unpaired) electrons. The topological polar surface area (TPSA) is 157 Å². The summed E-state index contributed by atoms with van der Waals surface area (Å²) in [6.07, 6.45) is 9.48. The molecule has 0 amide bonds. The number of fused-ring (bicyclic) bond motifs is 6. The highest BCUT2D eigenvalue weighted by molar-refractivity contribution is 5.96. The Hall–Kier alpha value is -4.63. The number of ether oxygens (including phenoxy) is 4. The van der Waals surface area contributed by atoms with Gasteiger partial charge in [0.2, 0.25) is 5.60 Å². The van der Waals surface area contributed by atoms with Crippen LogP contribution in [0.15, 0.2) is 42.5 Å². The Kier molecular flexibility index (Phi) is 10.7. The molecule has 14 nitrogen and oxygen atoms in total. The first kappa shape index (κ1) is 44.2. The van der Waals surface area contributed by atoms with Gasteiger partial charge in [0.05, 0.1) is 33.0 Å². The number of hydrogen-bond acceptors (Lipinski definition) is 13. The standard InChI is InChI=1S/C51H67N5O9/c1-8-47(60)27-32-28-50(45(58)63-6,41-34(16-22-54(29-32)30-47)35-24-33(14-15-38(35)52-41)55-19-11-10-12-20-55)37-25-36-39(26-40(37)62-5)53(4)43-49(36)18-23-56-21-13-17-48(9-2,42(49)56)44(65-31(3)57)51(43,61)46(59)64-7/h13-15,17,24-26,32,42-44,52,60-61H,8-12,16,18-23,27-30H2,1-7H3/t32-,42+,43-,44-,47+,48-,49-,50+,51+/m1/s1. The van der Waals surface area contributed by atoms with E-state index in [2.05, 4.69) is 56.1 Å². The molecule has 10 rings (SSSR count). The van der Waals surface area contributed by atoms with Crippen LogP contribution >= 0.6 is 0 Å². The van der Waals surface area contributed by atoms with Crippen molar-refractivity contribution < 1.29 is 43.5 Å². The summed E-state index contributed by atoms with van der Waals surface area (Å²) in [5, 5.41) is 26.7. The number of nitrogens with one attached hydrogen (secondary N) is 1. The minimum Gasteiger partial charge on any atom is -0.496 e. The van der Waals surface area contributed by atoms with E-state index in [9.17, 15) is 19.8 Å². The van der Waals surface area contributed by atoms with Gasteiger partial charge < -0.3 is 43.9 Å². The number of carbonyl (C=O) groups excluding carboxylic acids is 3. The Bertz CT molecular complexity index is 2450. The van der Waals surface area contributed by atoms with E-state index in [1.165, 1.54) is 33.3 Å². The van der Waals surface area contributed by atoms with Gasteiger partial charge >= 0.3 is 17.9 Å². The maximum atomic E-state index is 15.6. The third kappa shape index (κ3) is 6.07. The number of piperidine rings is 2. The fourth-order valence-corrected chi connectivity index (χ4v) is 14.9. The van der Waals surface area contributed by atoms with Crippen LogP contribution < -0.4 is 14.5 Å². The van der Waals surface area contributed by atoms with E-state index in [-0.39, 0.29) is 12.0 Å². The van der Waals surface area contributed by atoms with E-state index in [0.717, 1.165) is 59.3 Å². The van der Waals surface area contributed by atoms with Gasteiger partial charge in [-0.15, -0.1) is 0 Å². The van der Waals surface area contributed by atoms with Crippen molar-refractivity contribution in [3.63, 3.8) is 0 Å². The average molecular weight is 894 g/mol. The first-order chi connectivity index (χ1) is 31.2. The molecular weight excluding hydrogens is 827 g/mol. The third-order valence-corrected chi connectivity index (χ3v) is 17.4. The Morgan fingerprint density at radius 2 is 1.66 bits per heavy atom. The van der Waals surface area contributed by atoms with Crippen molar-refractivity contribution in [3.8, 4) is 5.75 Å². The number of anilines is 2. The summed E-state index contributed by atoms with van der Waals surface area (Å²) < 4.78 is 24.2. The van der Waals surface area contributed by atoms with Gasteiger partial charge in [0.15, 0.2) is 6.10 Å². The quantitative estimate of drug-likeness (QED) is 0.158. The minimum absolute atomic E-state index is 0.109. The number of rotatable bonds is 8. The Labute approximate surface area is 382 Å². The monoisotopic (exact) mass is 893 g/mol. The molecule has 1 unspecified atom stereocenters. The Morgan fingerprint density at radius 1 is 0.892 bits per heavy atom. The normalized spacial score (nSPS) is 36.1. The highest BCUT2D eigenvalue weighted by atomic mass is 16.6. The number of aromatic amines is 1. The van der Waals surface area contributed by atoms with Crippen LogP contribution in [0.5, 0.6) is 5.75 Å². The zero-order valence-corrected chi connectivity index (χ0v) is 39.2. The van der Waals surface area contributed by atoms with E-state index in [1.807, 2.05) is 31.9 Å². The SMILES string of the molecule is CC[C@]1(O)C[C@H]2CN(CCc3c([nH]c4ccc(N5CCCCC5)cc34)[C@@](C(=O)OC)(c3cc4c(cc3OC)N(C)[C@H]3[C@@](O)(C(=O)OC)[C@H](OC(C)=O)[C@]5(CC)C=CCN6CC[C@]43[C@@H]65)C2)C1. The first-order valence-electron chi connectivity index (χ1n) is 24.0. The average Bonchev–Trinajstić information content (AvgIpc) is 3.97. The van der Waals surface area contributed by atoms with Gasteiger partial charge in [0, 0.05) is 110 Å².